The van der Waals surface area contributed by atoms with Crippen LogP contribution >= 0.6 is 15.9 Å². The molecule has 3 heteroatoms. The van der Waals surface area contributed by atoms with Gasteiger partial charge in [-0.1, -0.05) is 26.3 Å². The van der Waals surface area contributed by atoms with E-state index >= 15 is 0 Å². The van der Waals surface area contributed by atoms with Crippen LogP contribution in [0.2, 0.25) is 0 Å². The highest BCUT2D eigenvalue weighted by Gasteiger charge is 2.09. The van der Waals surface area contributed by atoms with Crippen molar-refractivity contribution < 1.29 is 0 Å². The van der Waals surface area contributed by atoms with Gasteiger partial charge in [0.15, 0.2) is 0 Å². The molecule has 0 radical (unpaired) electrons. The molecule has 0 amide bonds. The molecule has 2 nitrogen and oxygen atoms in total. The van der Waals surface area contributed by atoms with Crippen LogP contribution in [0, 0.1) is 5.92 Å². The van der Waals surface area contributed by atoms with Crippen molar-refractivity contribution in [2.45, 2.75) is 33.2 Å². The summed E-state index contributed by atoms with van der Waals surface area (Å²) in [5.41, 5.74) is 0. The van der Waals surface area contributed by atoms with Crippen LogP contribution in [0.1, 0.15) is 27.2 Å². The van der Waals surface area contributed by atoms with Crippen molar-refractivity contribution in [1.82, 2.24) is 4.98 Å². The number of hydrogen-bond donors (Lipinski definition) is 1. The van der Waals surface area contributed by atoms with Gasteiger partial charge >= 0.3 is 0 Å². The second kappa shape index (κ2) is 5.35. The van der Waals surface area contributed by atoms with E-state index in [1.165, 1.54) is 6.42 Å². The van der Waals surface area contributed by atoms with Crippen molar-refractivity contribution >= 4 is 21.7 Å². The van der Waals surface area contributed by atoms with Crippen LogP contribution < -0.4 is 5.32 Å². The molecule has 0 saturated heterocycles. The van der Waals surface area contributed by atoms with Crippen molar-refractivity contribution in [3.05, 3.63) is 22.8 Å². The fourth-order valence-corrected chi connectivity index (χ4v) is 1.56. The van der Waals surface area contributed by atoms with E-state index in [-0.39, 0.29) is 0 Å². The van der Waals surface area contributed by atoms with Gasteiger partial charge in [-0.25, -0.2) is 4.98 Å². The SMILES string of the molecule is CCC(C)C(C)Nc1cccc(Br)n1. The van der Waals surface area contributed by atoms with E-state index in [1.807, 2.05) is 18.2 Å². The van der Waals surface area contributed by atoms with E-state index in [9.17, 15) is 0 Å². The summed E-state index contributed by atoms with van der Waals surface area (Å²) in [5.74, 6) is 1.60. The molecule has 1 N–H and O–H groups in total. The van der Waals surface area contributed by atoms with Crippen LogP contribution in [0.5, 0.6) is 0 Å². The van der Waals surface area contributed by atoms with E-state index < -0.39 is 0 Å². The molecule has 0 fully saturated rings. The number of anilines is 1. The Morgan fingerprint density at radius 2 is 2.14 bits per heavy atom. The molecule has 1 rings (SSSR count). The predicted octanol–water partition coefficient (Wildman–Crippen LogP) is 3.69. The Balaban J connectivity index is 2.60. The lowest BCUT2D eigenvalue weighted by Crippen LogP contribution is -2.23. The summed E-state index contributed by atoms with van der Waals surface area (Å²) in [6.07, 6.45) is 1.18. The van der Waals surface area contributed by atoms with Crippen molar-refractivity contribution in [3.8, 4) is 0 Å². The maximum absolute atomic E-state index is 4.34. The van der Waals surface area contributed by atoms with Gasteiger partial charge in [-0.2, -0.15) is 0 Å². The van der Waals surface area contributed by atoms with Gasteiger partial charge in [0.05, 0.1) is 0 Å². The summed E-state index contributed by atoms with van der Waals surface area (Å²) in [4.78, 5) is 4.34. The number of aromatic nitrogens is 1. The highest BCUT2D eigenvalue weighted by molar-refractivity contribution is 9.10. The molecule has 0 aliphatic carbocycles. The van der Waals surface area contributed by atoms with Crippen molar-refractivity contribution in [2.24, 2.45) is 5.92 Å². The number of halogens is 1. The second-order valence-corrected chi connectivity index (χ2v) is 4.48. The first-order valence-electron chi connectivity index (χ1n) is 5.02. The molecule has 0 aromatic carbocycles. The van der Waals surface area contributed by atoms with Crippen molar-refractivity contribution in [3.63, 3.8) is 0 Å². The first kappa shape index (κ1) is 11.5. The lowest BCUT2D eigenvalue weighted by molar-refractivity contribution is 0.493. The Kier molecular flexibility index (Phi) is 4.39. The van der Waals surface area contributed by atoms with Crippen molar-refractivity contribution in [1.29, 1.82) is 0 Å². The third kappa shape index (κ3) is 3.29. The summed E-state index contributed by atoms with van der Waals surface area (Å²) in [6, 6.07) is 6.37. The number of hydrogen-bond acceptors (Lipinski definition) is 2. The van der Waals surface area contributed by atoms with Crippen LogP contribution in [-0.4, -0.2) is 11.0 Å². The number of pyridine rings is 1. The maximum atomic E-state index is 4.34. The molecule has 0 bridgehead atoms. The van der Waals surface area contributed by atoms with E-state index in [4.69, 9.17) is 0 Å². The Morgan fingerprint density at radius 3 is 2.71 bits per heavy atom. The summed E-state index contributed by atoms with van der Waals surface area (Å²) >= 11 is 3.36. The maximum Gasteiger partial charge on any atom is 0.127 e. The largest absolute Gasteiger partial charge is 0.367 e. The lowest BCUT2D eigenvalue weighted by Gasteiger charge is -2.20. The average Bonchev–Trinajstić information content (AvgIpc) is 2.16. The fraction of sp³-hybridized carbons (Fsp3) is 0.545. The second-order valence-electron chi connectivity index (χ2n) is 3.66. The predicted molar refractivity (Wildman–Crippen MR) is 64.5 cm³/mol. The van der Waals surface area contributed by atoms with Crippen LogP contribution in [0.4, 0.5) is 5.82 Å². The third-order valence-corrected chi connectivity index (χ3v) is 3.03. The highest BCUT2D eigenvalue weighted by Crippen LogP contribution is 2.15. The van der Waals surface area contributed by atoms with E-state index in [0.29, 0.717) is 12.0 Å². The van der Waals surface area contributed by atoms with Crippen molar-refractivity contribution in [2.75, 3.05) is 5.32 Å². The first-order valence-corrected chi connectivity index (χ1v) is 5.82. The minimum atomic E-state index is 0.460. The minimum Gasteiger partial charge on any atom is -0.367 e. The fourth-order valence-electron chi connectivity index (χ4n) is 1.22. The average molecular weight is 257 g/mol. The summed E-state index contributed by atoms with van der Waals surface area (Å²) in [5, 5.41) is 3.39. The van der Waals surface area contributed by atoms with Gasteiger partial charge in [0, 0.05) is 6.04 Å². The molecular formula is C11H17BrN2. The van der Waals surface area contributed by atoms with Gasteiger partial charge in [0.1, 0.15) is 10.4 Å². The molecular weight excluding hydrogens is 240 g/mol. The molecule has 0 aliphatic heterocycles. The number of rotatable bonds is 4. The first-order chi connectivity index (χ1) is 6.63. The summed E-state index contributed by atoms with van der Waals surface area (Å²) in [7, 11) is 0. The third-order valence-electron chi connectivity index (χ3n) is 2.59. The monoisotopic (exact) mass is 256 g/mol. The number of nitrogens with one attached hydrogen (secondary N) is 1. The van der Waals surface area contributed by atoms with Gasteiger partial charge in [0.25, 0.3) is 0 Å². The molecule has 2 atom stereocenters. The Hall–Kier alpha value is -0.570. The quantitative estimate of drug-likeness (QED) is 0.832. The zero-order valence-corrected chi connectivity index (χ0v) is 10.5. The molecule has 14 heavy (non-hydrogen) atoms. The van der Waals surface area contributed by atoms with E-state index in [2.05, 4.69) is 47.0 Å². The standard InChI is InChI=1S/C11H17BrN2/c1-4-8(2)9(3)13-11-7-5-6-10(12)14-11/h5-9H,4H2,1-3H3,(H,13,14). The van der Waals surface area contributed by atoms with Gasteiger partial charge in [-0.15, -0.1) is 0 Å². The van der Waals surface area contributed by atoms with Gasteiger partial charge < -0.3 is 5.32 Å². The van der Waals surface area contributed by atoms with Crippen LogP contribution in [0.3, 0.4) is 0 Å². The molecule has 1 aromatic heterocycles. The van der Waals surface area contributed by atoms with E-state index in [1.54, 1.807) is 0 Å². The molecule has 0 spiro atoms. The molecule has 2 unspecified atom stereocenters. The van der Waals surface area contributed by atoms with Gasteiger partial charge in [0.2, 0.25) is 0 Å². The zero-order valence-electron chi connectivity index (χ0n) is 8.92. The van der Waals surface area contributed by atoms with Crippen LogP contribution in [0.25, 0.3) is 0 Å². The molecule has 0 aliphatic rings. The van der Waals surface area contributed by atoms with Crippen LogP contribution in [-0.2, 0) is 0 Å². The molecule has 0 saturated carbocycles. The lowest BCUT2D eigenvalue weighted by atomic mass is 10.0. The smallest absolute Gasteiger partial charge is 0.127 e. The Labute approximate surface area is 94.3 Å². The number of nitrogens with zero attached hydrogens (tertiary/aromatic N) is 1. The van der Waals surface area contributed by atoms with E-state index in [0.717, 1.165) is 10.4 Å². The Bertz CT molecular complexity index is 288. The molecule has 1 heterocycles. The van der Waals surface area contributed by atoms with Crippen LogP contribution in [0.15, 0.2) is 22.8 Å². The Morgan fingerprint density at radius 1 is 1.43 bits per heavy atom. The normalized spacial score (nSPS) is 14.9. The highest BCUT2D eigenvalue weighted by atomic mass is 79.9. The topological polar surface area (TPSA) is 24.9 Å². The van der Waals surface area contributed by atoms with Gasteiger partial charge in [-0.05, 0) is 40.9 Å². The zero-order chi connectivity index (χ0) is 10.6. The molecule has 1 aromatic rings. The summed E-state index contributed by atoms with van der Waals surface area (Å²) < 4.78 is 0.874. The summed E-state index contributed by atoms with van der Waals surface area (Å²) in [6.45, 7) is 6.64. The minimum absolute atomic E-state index is 0.460. The van der Waals surface area contributed by atoms with Gasteiger partial charge in [-0.3, -0.25) is 0 Å². The molecule has 78 valence electrons.